The minimum atomic E-state index is -0.198. The van der Waals surface area contributed by atoms with E-state index in [0.29, 0.717) is 6.54 Å². The van der Waals surface area contributed by atoms with Gasteiger partial charge in [-0.25, -0.2) is 0 Å². The van der Waals surface area contributed by atoms with E-state index in [2.05, 4.69) is 10.6 Å². The minimum Gasteiger partial charge on any atom is -0.394 e. The van der Waals surface area contributed by atoms with Gasteiger partial charge >= 0.3 is 0 Å². The van der Waals surface area contributed by atoms with Crippen LogP contribution >= 0.6 is 0 Å². The second kappa shape index (κ2) is 5.29. The van der Waals surface area contributed by atoms with Crippen molar-refractivity contribution < 1.29 is 9.90 Å². The van der Waals surface area contributed by atoms with Gasteiger partial charge in [-0.2, -0.15) is 0 Å². The minimum absolute atomic E-state index is 0.0220. The Morgan fingerprint density at radius 2 is 2.35 bits per heavy atom. The normalized spacial score (nSPS) is 20.5. The summed E-state index contributed by atoms with van der Waals surface area (Å²) in [5, 5.41) is 15.0. The molecule has 1 aromatic rings. The Morgan fingerprint density at radius 1 is 1.59 bits per heavy atom. The van der Waals surface area contributed by atoms with E-state index in [0.717, 1.165) is 12.1 Å². The molecule has 17 heavy (non-hydrogen) atoms. The zero-order chi connectivity index (χ0) is 12.3. The number of aliphatic hydroxyl groups is 1. The number of nitrogens with one attached hydrogen (secondary N) is 2. The maximum Gasteiger partial charge on any atom is 0.229 e. The van der Waals surface area contributed by atoms with Crippen LogP contribution in [0.5, 0.6) is 0 Å². The third kappa shape index (κ3) is 2.65. The number of carbonyl (C=O) groups is 1. The van der Waals surface area contributed by atoms with Crippen LogP contribution in [-0.4, -0.2) is 30.2 Å². The molecule has 0 radical (unpaired) electrons. The third-order valence-corrected chi connectivity index (χ3v) is 3.07. The Bertz CT molecular complexity index is 406. The summed E-state index contributed by atoms with van der Waals surface area (Å²) >= 11 is 0. The molecule has 3 N–H and O–H groups in total. The van der Waals surface area contributed by atoms with Gasteiger partial charge < -0.3 is 15.7 Å². The van der Waals surface area contributed by atoms with Gasteiger partial charge in [0.1, 0.15) is 0 Å². The molecule has 0 spiro atoms. The van der Waals surface area contributed by atoms with Crippen molar-refractivity contribution in [3.05, 3.63) is 35.4 Å². The lowest BCUT2D eigenvalue weighted by molar-refractivity contribution is -0.123. The lowest BCUT2D eigenvalue weighted by Gasteiger charge is -2.26. The van der Waals surface area contributed by atoms with E-state index in [1.807, 2.05) is 24.3 Å². The average molecular weight is 234 g/mol. The molecule has 4 nitrogen and oxygen atoms in total. The van der Waals surface area contributed by atoms with Crippen molar-refractivity contribution in [1.82, 2.24) is 10.6 Å². The Kier molecular flexibility index (Phi) is 3.76. The molecule has 0 aromatic heterocycles. The van der Waals surface area contributed by atoms with Crippen molar-refractivity contribution >= 4 is 5.91 Å². The first-order valence-electron chi connectivity index (χ1n) is 5.92. The van der Waals surface area contributed by atoms with Crippen LogP contribution in [0.25, 0.3) is 0 Å². The molecular weight excluding hydrogens is 216 g/mol. The van der Waals surface area contributed by atoms with Gasteiger partial charge in [-0.05, 0) is 18.1 Å². The van der Waals surface area contributed by atoms with Crippen molar-refractivity contribution in [2.24, 2.45) is 0 Å². The van der Waals surface area contributed by atoms with Crippen LogP contribution in [0.3, 0.4) is 0 Å². The van der Waals surface area contributed by atoms with Crippen molar-refractivity contribution in [2.45, 2.75) is 25.4 Å². The summed E-state index contributed by atoms with van der Waals surface area (Å²) in [5.74, 6) is -0.180. The van der Waals surface area contributed by atoms with Crippen LogP contribution in [0, 0.1) is 0 Å². The molecule has 4 heteroatoms. The summed E-state index contributed by atoms with van der Waals surface area (Å²) < 4.78 is 0. The van der Waals surface area contributed by atoms with Crippen LogP contribution in [0.4, 0.5) is 0 Å². The molecule has 2 unspecified atom stereocenters. The highest BCUT2D eigenvalue weighted by Gasteiger charge is 2.26. The Balaban J connectivity index is 2.15. The van der Waals surface area contributed by atoms with E-state index in [1.54, 1.807) is 6.92 Å². The summed E-state index contributed by atoms with van der Waals surface area (Å²) in [6.07, 6.45) is 0. The Labute approximate surface area is 101 Å². The molecule has 92 valence electrons. The van der Waals surface area contributed by atoms with E-state index in [4.69, 9.17) is 5.11 Å². The second-order valence-electron chi connectivity index (χ2n) is 4.47. The van der Waals surface area contributed by atoms with E-state index in [1.165, 1.54) is 5.56 Å². The predicted octanol–water partition coefficient (Wildman–Crippen LogP) is 0.370. The average Bonchev–Trinajstić information content (AvgIpc) is 2.37. The topological polar surface area (TPSA) is 61.4 Å². The van der Waals surface area contributed by atoms with E-state index < -0.39 is 0 Å². The summed E-state index contributed by atoms with van der Waals surface area (Å²) in [6.45, 7) is 3.23. The largest absolute Gasteiger partial charge is 0.394 e. The molecule has 1 heterocycles. The molecular formula is C13H18N2O2. The summed E-state index contributed by atoms with van der Waals surface area (Å²) in [5.41, 5.74) is 2.27. The molecule has 0 saturated heterocycles. The van der Waals surface area contributed by atoms with Crippen molar-refractivity contribution in [3.8, 4) is 0 Å². The number of carbonyl (C=O) groups excluding carboxylic acids is 1. The van der Waals surface area contributed by atoms with Crippen LogP contribution in [0.1, 0.15) is 24.0 Å². The van der Waals surface area contributed by atoms with Crippen molar-refractivity contribution in [2.75, 3.05) is 13.2 Å². The highest BCUT2D eigenvalue weighted by atomic mass is 16.3. The predicted molar refractivity (Wildman–Crippen MR) is 65.6 cm³/mol. The first-order valence-corrected chi connectivity index (χ1v) is 5.92. The lowest BCUT2D eigenvalue weighted by Crippen LogP contribution is -2.43. The van der Waals surface area contributed by atoms with Gasteiger partial charge in [0.05, 0.1) is 12.5 Å². The zero-order valence-electron chi connectivity index (χ0n) is 9.94. The second-order valence-corrected chi connectivity index (χ2v) is 4.47. The van der Waals surface area contributed by atoms with Gasteiger partial charge in [0, 0.05) is 19.1 Å². The number of aliphatic hydroxyl groups excluding tert-OH is 1. The first-order chi connectivity index (χ1) is 8.22. The molecule has 1 aromatic carbocycles. The zero-order valence-corrected chi connectivity index (χ0v) is 9.94. The number of benzene rings is 1. The Morgan fingerprint density at radius 3 is 3.12 bits per heavy atom. The van der Waals surface area contributed by atoms with Crippen LogP contribution < -0.4 is 10.6 Å². The quantitative estimate of drug-likeness (QED) is 0.708. The molecule has 0 bridgehead atoms. The molecule has 1 aliphatic heterocycles. The fourth-order valence-electron chi connectivity index (χ4n) is 2.12. The first kappa shape index (κ1) is 12.1. The molecule has 2 rings (SSSR count). The van der Waals surface area contributed by atoms with Crippen molar-refractivity contribution in [1.29, 1.82) is 0 Å². The van der Waals surface area contributed by atoms with Gasteiger partial charge in [-0.1, -0.05) is 24.3 Å². The maximum atomic E-state index is 12.1. The van der Waals surface area contributed by atoms with Gasteiger partial charge in [0.2, 0.25) is 5.91 Å². The monoisotopic (exact) mass is 234 g/mol. The van der Waals surface area contributed by atoms with Gasteiger partial charge in [0.25, 0.3) is 0 Å². The molecule has 0 fully saturated rings. The van der Waals surface area contributed by atoms with E-state index in [-0.39, 0.29) is 24.5 Å². The van der Waals surface area contributed by atoms with Crippen LogP contribution in [-0.2, 0) is 11.3 Å². The highest BCUT2D eigenvalue weighted by Crippen LogP contribution is 2.23. The number of hydrogen-bond donors (Lipinski definition) is 3. The summed E-state index contributed by atoms with van der Waals surface area (Å²) in [6, 6.07) is 7.79. The molecule has 2 atom stereocenters. The fraction of sp³-hybridized carbons (Fsp3) is 0.462. The highest BCUT2D eigenvalue weighted by molar-refractivity contribution is 5.84. The van der Waals surface area contributed by atoms with Gasteiger partial charge in [-0.15, -0.1) is 0 Å². The van der Waals surface area contributed by atoms with Crippen molar-refractivity contribution in [3.63, 3.8) is 0 Å². The molecule has 0 aliphatic carbocycles. The molecule has 1 aliphatic rings. The van der Waals surface area contributed by atoms with Gasteiger partial charge in [0.15, 0.2) is 0 Å². The molecule has 0 saturated carbocycles. The van der Waals surface area contributed by atoms with E-state index >= 15 is 0 Å². The maximum absolute atomic E-state index is 12.1. The number of hydrogen-bond acceptors (Lipinski definition) is 3. The lowest BCUT2D eigenvalue weighted by atomic mass is 9.90. The number of fused-ring (bicyclic) bond motifs is 1. The standard InChI is InChI=1S/C13H18N2O2/c1-9(8-16)15-13(17)12-7-14-6-10-4-2-3-5-11(10)12/h2-5,9,12,14,16H,6-8H2,1H3,(H,15,17). The summed E-state index contributed by atoms with van der Waals surface area (Å²) in [7, 11) is 0. The third-order valence-electron chi connectivity index (χ3n) is 3.07. The van der Waals surface area contributed by atoms with E-state index in [9.17, 15) is 4.79 Å². The summed E-state index contributed by atoms with van der Waals surface area (Å²) in [4.78, 5) is 12.1. The van der Waals surface area contributed by atoms with Gasteiger partial charge in [-0.3, -0.25) is 4.79 Å². The van der Waals surface area contributed by atoms with Crippen LogP contribution in [0.2, 0.25) is 0 Å². The smallest absolute Gasteiger partial charge is 0.229 e. The Hall–Kier alpha value is -1.39. The molecule has 1 amide bonds. The van der Waals surface area contributed by atoms with Crippen LogP contribution in [0.15, 0.2) is 24.3 Å². The number of amides is 1. The fourth-order valence-corrected chi connectivity index (χ4v) is 2.12. The number of rotatable bonds is 3. The SMILES string of the molecule is CC(CO)NC(=O)C1CNCc2ccccc21.